The normalized spacial score (nSPS) is 22.2. The fourth-order valence-corrected chi connectivity index (χ4v) is 1.59. The van der Waals surface area contributed by atoms with Crippen molar-refractivity contribution in [1.82, 2.24) is 5.32 Å². The van der Waals surface area contributed by atoms with Crippen LogP contribution in [0.3, 0.4) is 0 Å². The Morgan fingerprint density at radius 2 is 2.36 bits per heavy atom. The van der Waals surface area contributed by atoms with Gasteiger partial charge in [0.2, 0.25) is 0 Å². The van der Waals surface area contributed by atoms with Gasteiger partial charge in [0.15, 0.2) is 0 Å². The highest BCUT2D eigenvalue weighted by Crippen LogP contribution is 2.20. The van der Waals surface area contributed by atoms with Gasteiger partial charge in [-0.1, -0.05) is 0 Å². The maximum Gasteiger partial charge on any atom is 0.0711 e. The number of hydrogen-bond donors (Lipinski definition) is 1. The molecular weight excluding hydrogens is 176 g/mol. The third-order valence-electron chi connectivity index (χ3n) is 2.62. The molecule has 80 valence electrons. The lowest BCUT2D eigenvalue weighted by molar-refractivity contribution is 0.0613. The number of ether oxygens (including phenoxy) is 1. The summed E-state index contributed by atoms with van der Waals surface area (Å²) in [4.78, 5) is 0. The first-order valence-corrected chi connectivity index (χ1v) is 5.38. The largest absolute Gasteiger partial charge is 0.377 e. The number of nitriles is 1. The van der Waals surface area contributed by atoms with E-state index in [1.807, 2.05) is 13.8 Å². The Morgan fingerprint density at radius 3 is 2.93 bits per heavy atom. The molecular formula is C11H20N2O. The van der Waals surface area contributed by atoms with Crippen LogP contribution in [-0.2, 0) is 4.74 Å². The fraction of sp³-hybridized carbons (Fsp3) is 0.909. The highest BCUT2D eigenvalue weighted by molar-refractivity contribution is 4.91. The summed E-state index contributed by atoms with van der Waals surface area (Å²) >= 11 is 0. The number of nitrogens with one attached hydrogen (secondary N) is 1. The van der Waals surface area contributed by atoms with Gasteiger partial charge in [-0.15, -0.1) is 0 Å². The van der Waals surface area contributed by atoms with Crippen LogP contribution in [-0.4, -0.2) is 25.8 Å². The van der Waals surface area contributed by atoms with Crippen molar-refractivity contribution in [2.45, 2.75) is 39.2 Å². The van der Waals surface area contributed by atoms with Crippen LogP contribution in [0.4, 0.5) is 0 Å². The molecule has 3 nitrogen and oxygen atoms in total. The zero-order chi connectivity index (χ0) is 10.4. The standard InChI is InChI=1S/C11H20N2O/c1-11(2,9-12)5-3-7-14-10-4-6-13-8-10/h10,13H,3-8H2,1-2H3. The topological polar surface area (TPSA) is 45.0 Å². The van der Waals surface area contributed by atoms with Crippen molar-refractivity contribution < 1.29 is 4.74 Å². The van der Waals surface area contributed by atoms with E-state index < -0.39 is 0 Å². The molecule has 0 aromatic rings. The Kier molecular flexibility index (Phi) is 4.37. The van der Waals surface area contributed by atoms with Gasteiger partial charge in [0, 0.05) is 13.2 Å². The maximum atomic E-state index is 8.80. The third kappa shape index (κ3) is 4.08. The fourth-order valence-electron chi connectivity index (χ4n) is 1.59. The van der Waals surface area contributed by atoms with Gasteiger partial charge in [-0.05, 0) is 39.7 Å². The van der Waals surface area contributed by atoms with E-state index in [2.05, 4.69) is 11.4 Å². The molecule has 14 heavy (non-hydrogen) atoms. The summed E-state index contributed by atoms with van der Waals surface area (Å²) in [5, 5.41) is 12.1. The molecule has 0 amide bonds. The maximum absolute atomic E-state index is 8.80. The van der Waals surface area contributed by atoms with E-state index in [1.165, 1.54) is 0 Å². The monoisotopic (exact) mass is 196 g/mol. The quantitative estimate of drug-likeness (QED) is 0.681. The average Bonchev–Trinajstić information content (AvgIpc) is 2.65. The molecule has 1 fully saturated rings. The SMILES string of the molecule is CC(C)(C#N)CCCOC1CCNC1. The molecule has 1 heterocycles. The van der Waals surface area contributed by atoms with E-state index in [0.29, 0.717) is 6.10 Å². The second kappa shape index (κ2) is 5.33. The highest BCUT2D eigenvalue weighted by atomic mass is 16.5. The zero-order valence-electron chi connectivity index (χ0n) is 9.18. The summed E-state index contributed by atoms with van der Waals surface area (Å²) < 4.78 is 5.67. The van der Waals surface area contributed by atoms with Crippen molar-refractivity contribution in [2.75, 3.05) is 19.7 Å². The lowest BCUT2D eigenvalue weighted by Gasteiger charge is -2.15. The van der Waals surface area contributed by atoms with Crippen molar-refractivity contribution in [3.63, 3.8) is 0 Å². The van der Waals surface area contributed by atoms with Gasteiger partial charge in [-0.2, -0.15) is 5.26 Å². The molecule has 1 rings (SSSR count). The third-order valence-corrected chi connectivity index (χ3v) is 2.62. The van der Waals surface area contributed by atoms with E-state index in [0.717, 1.165) is 39.0 Å². The lowest BCUT2D eigenvalue weighted by atomic mass is 9.90. The summed E-state index contributed by atoms with van der Waals surface area (Å²) in [6.07, 6.45) is 3.43. The zero-order valence-corrected chi connectivity index (χ0v) is 9.18. The first kappa shape index (κ1) is 11.5. The Balaban J connectivity index is 2.02. The first-order valence-electron chi connectivity index (χ1n) is 5.38. The van der Waals surface area contributed by atoms with Gasteiger partial charge in [-0.25, -0.2) is 0 Å². The summed E-state index contributed by atoms with van der Waals surface area (Å²) in [7, 11) is 0. The van der Waals surface area contributed by atoms with Gasteiger partial charge in [0.1, 0.15) is 0 Å². The predicted molar refractivity (Wildman–Crippen MR) is 55.9 cm³/mol. The van der Waals surface area contributed by atoms with Crippen LogP contribution in [0.25, 0.3) is 0 Å². The van der Waals surface area contributed by atoms with Crippen LogP contribution in [0.5, 0.6) is 0 Å². The minimum Gasteiger partial charge on any atom is -0.377 e. The van der Waals surface area contributed by atoms with Crippen LogP contribution in [0, 0.1) is 16.7 Å². The van der Waals surface area contributed by atoms with Crippen molar-refractivity contribution in [2.24, 2.45) is 5.41 Å². The summed E-state index contributed by atoms with van der Waals surface area (Å²) in [5.74, 6) is 0. The van der Waals surface area contributed by atoms with Gasteiger partial charge in [0.25, 0.3) is 0 Å². The van der Waals surface area contributed by atoms with Crippen LogP contribution in [0.2, 0.25) is 0 Å². The molecule has 0 aliphatic carbocycles. The van der Waals surface area contributed by atoms with Gasteiger partial charge >= 0.3 is 0 Å². The lowest BCUT2D eigenvalue weighted by Crippen LogP contribution is -2.18. The molecule has 0 bridgehead atoms. The van der Waals surface area contributed by atoms with E-state index in [-0.39, 0.29) is 5.41 Å². The Hall–Kier alpha value is -0.590. The molecule has 0 aromatic carbocycles. The number of hydrogen-bond acceptors (Lipinski definition) is 3. The highest BCUT2D eigenvalue weighted by Gasteiger charge is 2.17. The first-order chi connectivity index (χ1) is 6.64. The number of nitrogens with zero attached hydrogens (tertiary/aromatic N) is 1. The Bertz CT molecular complexity index is 202. The second-order valence-electron chi connectivity index (χ2n) is 4.58. The molecule has 3 heteroatoms. The molecule has 0 aromatic heterocycles. The van der Waals surface area contributed by atoms with E-state index in [4.69, 9.17) is 10.00 Å². The van der Waals surface area contributed by atoms with Crippen LogP contribution in [0.15, 0.2) is 0 Å². The predicted octanol–water partition coefficient (Wildman–Crippen LogP) is 1.69. The average molecular weight is 196 g/mol. The molecule has 1 aliphatic heterocycles. The molecule has 0 spiro atoms. The van der Waals surface area contributed by atoms with Crippen molar-refractivity contribution >= 4 is 0 Å². The molecule has 1 atom stereocenters. The minimum atomic E-state index is -0.197. The smallest absolute Gasteiger partial charge is 0.0711 e. The molecule has 0 saturated carbocycles. The van der Waals surface area contributed by atoms with Crippen LogP contribution in [0.1, 0.15) is 33.1 Å². The van der Waals surface area contributed by atoms with Crippen LogP contribution < -0.4 is 5.32 Å². The van der Waals surface area contributed by atoms with E-state index in [1.54, 1.807) is 0 Å². The molecule has 1 unspecified atom stereocenters. The van der Waals surface area contributed by atoms with E-state index >= 15 is 0 Å². The van der Waals surface area contributed by atoms with Gasteiger partial charge < -0.3 is 10.1 Å². The summed E-state index contributed by atoms with van der Waals surface area (Å²) in [6.45, 7) is 6.81. The van der Waals surface area contributed by atoms with Crippen molar-refractivity contribution in [1.29, 1.82) is 5.26 Å². The molecule has 0 radical (unpaired) electrons. The number of rotatable bonds is 5. The Labute approximate surface area is 86.4 Å². The van der Waals surface area contributed by atoms with Gasteiger partial charge in [0.05, 0.1) is 17.6 Å². The van der Waals surface area contributed by atoms with Crippen LogP contribution >= 0.6 is 0 Å². The van der Waals surface area contributed by atoms with Crippen molar-refractivity contribution in [3.05, 3.63) is 0 Å². The minimum absolute atomic E-state index is 0.197. The summed E-state index contributed by atoms with van der Waals surface area (Å²) in [6, 6.07) is 2.30. The molecule has 1 aliphatic rings. The Morgan fingerprint density at radius 1 is 1.57 bits per heavy atom. The molecule has 1 saturated heterocycles. The second-order valence-corrected chi connectivity index (χ2v) is 4.58. The summed E-state index contributed by atoms with van der Waals surface area (Å²) in [5.41, 5.74) is -0.197. The van der Waals surface area contributed by atoms with Crippen molar-refractivity contribution in [3.8, 4) is 6.07 Å². The van der Waals surface area contributed by atoms with E-state index in [9.17, 15) is 0 Å². The van der Waals surface area contributed by atoms with Gasteiger partial charge in [-0.3, -0.25) is 0 Å². The molecule has 1 N–H and O–H groups in total.